The average molecular weight is 229 g/mol. The Labute approximate surface area is 90.9 Å². The molecule has 1 atom stereocenters. The zero-order chi connectivity index (χ0) is 12.3. The molecule has 0 heterocycles. The first kappa shape index (κ1) is 12.4. The minimum absolute atomic E-state index is 0.00952. The van der Waals surface area contributed by atoms with Gasteiger partial charge in [0.05, 0.1) is 5.56 Å². The third kappa shape index (κ3) is 3.48. The number of nitrogens with two attached hydrogens (primary N) is 1. The van der Waals surface area contributed by atoms with Crippen LogP contribution in [0.5, 0.6) is 0 Å². The first-order valence-electron chi connectivity index (χ1n) is 4.46. The van der Waals surface area contributed by atoms with Gasteiger partial charge in [-0.05, 0) is 25.1 Å². The summed E-state index contributed by atoms with van der Waals surface area (Å²) in [6.45, 7) is 1.42. The summed E-state index contributed by atoms with van der Waals surface area (Å²) < 4.78 is 37.2. The summed E-state index contributed by atoms with van der Waals surface area (Å²) in [6, 6.07) is 3.06. The van der Waals surface area contributed by atoms with E-state index in [9.17, 15) is 13.2 Å². The van der Waals surface area contributed by atoms with E-state index < -0.39 is 17.8 Å². The van der Waals surface area contributed by atoms with Crippen molar-refractivity contribution in [2.45, 2.75) is 19.2 Å². The zero-order valence-electron chi connectivity index (χ0n) is 8.47. The summed E-state index contributed by atoms with van der Waals surface area (Å²) >= 11 is 0. The highest BCUT2D eigenvalue weighted by molar-refractivity contribution is 5.51. The lowest BCUT2D eigenvalue weighted by atomic mass is 10.1. The molecule has 0 fully saturated rings. The quantitative estimate of drug-likeness (QED) is 0.528. The molecule has 1 aromatic carbocycles. The summed E-state index contributed by atoms with van der Waals surface area (Å²) in [5.74, 6) is 4.77. The minimum Gasteiger partial charge on any atom is -0.399 e. The molecule has 2 nitrogen and oxygen atoms in total. The number of hydrogen-bond donors (Lipinski definition) is 2. The lowest BCUT2D eigenvalue weighted by molar-refractivity contribution is -0.137. The molecule has 16 heavy (non-hydrogen) atoms. The molecule has 0 aliphatic heterocycles. The van der Waals surface area contributed by atoms with Crippen molar-refractivity contribution in [2.24, 2.45) is 0 Å². The number of anilines is 1. The van der Waals surface area contributed by atoms with Crippen LogP contribution in [0.1, 0.15) is 18.1 Å². The van der Waals surface area contributed by atoms with Gasteiger partial charge >= 0.3 is 6.18 Å². The van der Waals surface area contributed by atoms with E-state index in [1.54, 1.807) is 0 Å². The molecule has 0 saturated carbocycles. The highest BCUT2D eigenvalue weighted by Gasteiger charge is 2.30. The SMILES string of the molecule is CC(O)C#Cc1cc(N)cc(C(F)(F)F)c1. The summed E-state index contributed by atoms with van der Waals surface area (Å²) in [6.07, 6.45) is -5.34. The van der Waals surface area contributed by atoms with Crippen molar-refractivity contribution in [3.63, 3.8) is 0 Å². The second kappa shape index (κ2) is 4.45. The summed E-state index contributed by atoms with van der Waals surface area (Å²) in [5, 5.41) is 8.89. The van der Waals surface area contributed by atoms with Gasteiger partial charge in [0, 0.05) is 11.3 Å². The molecule has 0 radical (unpaired) electrons. The summed E-state index contributed by atoms with van der Waals surface area (Å²) in [4.78, 5) is 0. The molecule has 0 aliphatic rings. The van der Waals surface area contributed by atoms with Crippen molar-refractivity contribution < 1.29 is 18.3 Å². The predicted molar refractivity (Wildman–Crippen MR) is 54.4 cm³/mol. The molecular formula is C11H10F3NO. The Balaban J connectivity index is 3.15. The first-order valence-corrected chi connectivity index (χ1v) is 4.46. The Morgan fingerprint density at radius 2 is 1.94 bits per heavy atom. The number of halogens is 3. The molecule has 0 aromatic heterocycles. The molecule has 3 N–H and O–H groups in total. The number of alkyl halides is 3. The van der Waals surface area contributed by atoms with Crippen LogP contribution in [0, 0.1) is 11.8 Å². The Hall–Kier alpha value is -1.67. The summed E-state index contributed by atoms with van der Waals surface area (Å²) in [5.41, 5.74) is 4.61. The fraction of sp³-hybridized carbons (Fsp3) is 0.273. The van der Waals surface area contributed by atoms with Crippen molar-refractivity contribution in [1.29, 1.82) is 0 Å². The van der Waals surface area contributed by atoms with Gasteiger partial charge < -0.3 is 10.8 Å². The Morgan fingerprint density at radius 3 is 2.44 bits per heavy atom. The van der Waals surface area contributed by atoms with Gasteiger partial charge in [0.25, 0.3) is 0 Å². The molecule has 0 spiro atoms. The van der Waals surface area contributed by atoms with Gasteiger partial charge in [-0.3, -0.25) is 0 Å². The largest absolute Gasteiger partial charge is 0.416 e. The Bertz CT molecular complexity index is 441. The van der Waals surface area contributed by atoms with Crippen LogP contribution in [0.3, 0.4) is 0 Å². The van der Waals surface area contributed by atoms with Gasteiger partial charge in [-0.1, -0.05) is 11.8 Å². The van der Waals surface area contributed by atoms with E-state index in [1.165, 1.54) is 13.0 Å². The molecule has 1 rings (SSSR count). The Kier molecular flexibility index (Phi) is 3.45. The van der Waals surface area contributed by atoms with Crippen molar-refractivity contribution in [3.8, 4) is 11.8 Å². The van der Waals surface area contributed by atoms with Crippen LogP contribution in [-0.2, 0) is 6.18 Å². The van der Waals surface area contributed by atoms with E-state index in [0.717, 1.165) is 12.1 Å². The summed E-state index contributed by atoms with van der Waals surface area (Å²) in [7, 11) is 0. The molecule has 0 saturated heterocycles. The molecule has 0 aliphatic carbocycles. The van der Waals surface area contributed by atoms with E-state index in [-0.39, 0.29) is 11.3 Å². The van der Waals surface area contributed by atoms with Crippen molar-refractivity contribution in [3.05, 3.63) is 29.3 Å². The van der Waals surface area contributed by atoms with Gasteiger partial charge in [-0.25, -0.2) is 0 Å². The number of aliphatic hydroxyl groups is 1. The van der Waals surface area contributed by atoms with E-state index >= 15 is 0 Å². The normalized spacial score (nSPS) is 12.8. The standard InChI is InChI=1S/C11H10F3NO/c1-7(16)2-3-8-4-9(11(12,13)14)6-10(15)5-8/h4-7,16H,15H2,1H3. The number of rotatable bonds is 0. The fourth-order valence-electron chi connectivity index (χ4n) is 1.08. The Morgan fingerprint density at radius 1 is 1.31 bits per heavy atom. The predicted octanol–water partition coefficient (Wildman–Crippen LogP) is 2.02. The van der Waals surface area contributed by atoms with Crippen LogP contribution in [0.4, 0.5) is 18.9 Å². The molecule has 1 aromatic rings. The monoisotopic (exact) mass is 229 g/mol. The van der Waals surface area contributed by atoms with E-state index in [4.69, 9.17) is 10.8 Å². The van der Waals surface area contributed by atoms with Gasteiger partial charge in [0.2, 0.25) is 0 Å². The van der Waals surface area contributed by atoms with E-state index in [2.05, 4.69) is 11.8 Å². The number of aliphatic hydroxyl groups excluding tert-OH is 1. The maximum atomic E-state index is 12.4. The van der Waals surface area contributed by atoms with E-state index in [0.29, 0.717) is 0 Å². The maximum Gasteiger partial charge on any atom is 0.416 e. The van der Waals surface area contributed by atoms with Gasteiger partial charge in [-0.2, -0.15) is 13.2 Å². The van der Waals surface area contributed by atoms with Crippen LogP contribution in [-0.4, -0.2) is 11.2 Å². The molecule has 0 bridgehead atoms. The second-order valence-corrected chi connectivity index (χ2v) is 3.29. The smallest absolute Gasteiger partial charge is 0.399 e. The number of hydrogen-bond acceptors (Lipinski definition) is 2. The number of benzene rings is 1. The molecule has 0 amide bonds. The lowest BCUT2D eigenvalue weighted by Gasteiger charge is -2.07. The van der Waals surface area contributed by atoms with Crippen LogP contribution in [0.15, 0.2) is 18.2 Å². The molecule has 1 unspecified atom stereocenters. The van der Waals surface area contributed by atoms with Gasteiger partial charge in [-0.15, -0.1) is 0 Å². The van der Waals surface area contributed by atoms with Crippen molar-refractivity contribution in [2.75, 3.05) is 5.73 Å². The third-order valence-corrected chi connectivity index (χ3v) is 1.71. The van der Waals surface area contributed by atoms with Crippen LogP contribution < -0.4 is 5.73 Å². The lowest BCUT2D eigenvalue weighted by Crippen LogP contribution is -2.06. The molecular weight excluding hydrogens is 219 g/mol. The third-order valence-electron chi connectivity index (χ3n) is 1.71. The zero-order valence-corrected chi connectivity index (χ0v) is 8.47. The molecule has 86 valence electrons. The van der Waals surface area contributed by atoms with Crippen molar-refractivity contribution >= 4 is 5.69 Å². The van der Waals surface area contributed by atoms with Crippen LogP contribution >= 0.6 is 0 Å². The maximum absolute atomic E-state index is 12.4. The van der Waals surface area contributed by atoms with Crippen LogP contribution in [0.2, 0.25) is 0 Å². The van der Waals surface area contributed by atoms with Crippen molar-refractivity contribution in [1.82, 2.24) is 0 Å². The molecule has 5 heteroatoms. The second-order valence-electron chi connectivity index (χ2n) is 3.29. The average Bonchev–Trinajstić information content (AvgIpc) is 2.12. The van der Waals surface area contributed by atoms with E-state index in [1.807, 2.05) is 0 Å². The minimum atomic E-state index is -4.45. The topological polar surface area (TPSA) is 46.2 Å². The van der Waals surface area contributed by atoms with Crippen LogP contribution in [0.25, 0.3) is 0 Å². The highest BCUT2D eigenvalue weighted by atomic mass is 19.4. The number of nitrogen functional groups attached to an aromatic ring is 1. The first-order chi connectivity index (χ1) is 7.29. The van der Waals surface area contributed by atoms with Gasteiger partial charge in [0.1, 0.15) is 6.10 Å². The fourth-order valence-corrected chi connectivity index (χ4v) is 1.08. The highest BCUT2D eigenvalue weighted by Crippen LogP contribution is 2.31. The van der Waals surface area contributed by atoms with Gasteiger partial charge in [0.15, 0.2) is 0 Å².